The predicted octanol–water partition coefficient (Wildman–Crippen LogP) is 2.15. The van der Waals surface area contributed by atoms with Gasteiger partial charge in [0.2, 0.25) is 0 Å². The lowest BCUT2D eigenvalue weighted by molar-refractivity contribution is 0.00578. The Labute approximate surface area is 134 Å². The van der Waals surface area contributed by atoms with E-state index in [-0.39, 0.29) is 29.3 Å². The highest BCUT2D eigenvalue weighted by Crippen LogP contribution is 2.37. The Balaban J connectivity index is 2.23. The zero-order valence-corrected chi connectivity index (χ0v) is 14.9. The largest absolute Gasteiger partial charge is 0.498 e. The molecular formula is C16H29BN2O3. The SMILES string of the molecule is CCC(n1cc(B2OC(C)(C)C(C)(C)O2)cn1)C(C)(C)CO. The van der Waals surface area contributed by atoms with E-state index in [2.05, 4.69) is 25.9 Å². The third-order valence-corrected chi connectivity index (χ3v) is 5.16. The molecule has 1 aromatic rings. The van der Waals surface area contributed by atoms with Crippen molar-refractivity contribution in [1.82, 2.24) is 9.78 Å². The van der Waals surface area contributed by atoms with Crippen molar-refractivity contribution < 1.29 is 14.4 Å². The van der Waals surface area contributed by atoms with Gasteiger partial charge < -0.3 is 14.4 Å². The lowest BCUT2D eigenvalue weighted by Crippen LogP contribution is -2.41. The second-order valence-corrected chi connectivity index (χ2v) is 7.91. The summed E-state index contributed by atoms with van der Waals surface area (Å²) in [4.78, 5) is 0. The highest BCUT2D eigenvalue weighted by Gasteiger charge is 2.52. The zero-order valence-electron chi connectivity index (χ0n) is 14.9. The van der Waals surface area contributed by atoms with Gasteiger partial charge in [0.25, 0.3) is 0 Å². The maximum absolute atomic E-state index is 9.62. The molecule has 1 fully saturated rings. The van der Waals surface area contributed by atoms with E-state index in [1.165, 1.54) is 0 Å². The molecule has 0 aromatic carbocycles. The van der Waals surface area contributed by atoms with E-state index < -0.39 is 7.12 Å². The first-order chi connectivity index (χ1) is 10.0. The molecule has 1 aliphatic rings. The molecule has 0 bridgehead atoms. The molecule has 1 unspecified atom stereocenters. The Morgan fingerprint density at radius 2 is 1.82 bits per heavy atom. The van der Waals surface area contributed by atoms with Crippen LogP contribution >= 0.6 is 0 Å². The van der Waals surface area contributed by atoms with Crippen molar-refractivity contribution in [3.63, 3.8) is 0 Å². The summed E-state index contributed by atoms with van der Waals surface area (Å²) in [6.45, 7) is 14.5. The minimum absolute atomic E-state index is 0.122. The molecule has 1 atom stereocenters. The summed E-state index contributed by atoms with van der Waals surface area (Å²) in [5.74, 6) is 0. The third-order valence-electron chi connectivity index (χ3n) is 5.16. The van der Waals surface area contributed by atoms with Gasteiger partial charge in [-0.25, -0.2) is 0 Å². The van der Waals surface area contributed by atoms with Crippen LogP contribution in [-0.4, -0.2) is 39.8 Å². The number of hydrogen-bond donors (Lipinski definition) is 1. The van der Waals surface area contributed by atoms with Crippen LogP contribution in [0.1, 0.15) is 60.9 Å². The van der Waals surface area contributed by atoms with E-state index >= 15 is 0 Å². The Morgan fingerprint density at radius 3 is 2.27 bits per heavy atom. The maximum atomic E-state index is 9.62. The second kappa shape index (κ2) is 5.66. The summed E-state index contributed by atoms with van der Waals surface area (Å²) in [5, 5.41) is 14.1. The van der Waals surface area contributed by atoms with Crippen LogP contribution in [0, 0.1) is 5.41 Å². The lowest BCUT2D eigenvalue weighted by atomic mass is 9.81. The number of nitrogens with zero attached hydrogens (tertiary/aromatic N) is 2. The number of aromatic nitrogens is 2. The van der Waals surface area contributed by atoms with Crippen molar-refractivity contribution in [2.24, 2.45) is 5.41 Å². The summed E-state index contributed by atoms with van der Waals surface area (Å²) in [6.07, 6.45) is 4.68. The quantitative estimate of drug-likeness (QED) is 0.847. The van der Waals surface area contributed by atoms with Crippen LogP contribution in [-0.2, 0) is 9.31 Å². The molecule has 6 heteroatoms. The van der Waals surface area contributed by atoms with E-state index in [9.17, 15) is 5.11 Å². The van der Waals surface area contributed by atoms with Crippen LogP contribution in [0.3, 0.4) is 0 Å². The van der Waals surface area contributed by atoms with Crippen molar-refractivity contribution in [3.8, 4) is 0 Å². The van der Waals surface area contributed by atoms with Crippen molar-refractivity contribution in [1.29, 1.82) is 0 Å². The van der Waals surface area contributed by atoms with Crippen LogP contribution in [0.2, 0.25) is 0 Å². The fourth-order valence-electron chi connectivity index (χ4n) is 2.83. The molecule has 2 heterocycles. The summed E-state index contributed by atoms with van der Waals surface area (Å²) in [6, 6.07) is 0.133. The molecule has 5 nitrogen and oxygen atoms in total. The smallest absolute Gasteiger partial charge is 0.399 e. The van der Waals surface area contributed by atoms with E-state index in [0.717, 1.165) is 11.9 Å². The van der Waals surface area contributed by atoms with Crippen LogP contribution in [0.15, 0.2) is 12.4 Å². The van der Waals surface area contributed by atoms with E-state index in [1.54, 1.807) is 6.20 Å². The third kappa shape index (κ3) is 2.96. The van der Waals surface area contributed by atoms with Gasteiger partial charge in [0, 0.05) is 23.3 Å². The van der Waals surface area contributed by atoms with Gasteiger partial charge in [0.15, 0.2) is 0 Å². The van der Waals surface area contributed by atoms with E-state index in [4.69, 9.17) is 9.31 Å². The summed E-state index contributed by atoms with van der Waals surface area (Å²) >= 11 is 0. The van der Waals surface area contributed by atoms with Crippen LogP contribution in [0.4, 0.5) is 0 Å². The van der Waals surface area contributed by atoms with E-state index in [1.807, 2.05) is 38.6 Å². The molecule has 22 heavy (non-hydrogen) atoms. The molecular weight excluding hydrogens is 279 g/mol. The Hall–Kier alpha value is -0.845. The summed E-state index contributed by atoms with van der Waals surface area (Å²) in [7, 11) is -0.395. The first-order valence-corrected chi connectivity index (χ1v) is 8.04. The molecule has 1 saturated heterocycles. The van der Waals surface area contributed by atoms with Gasteiger partial charge in [0.05, 0.1) is 23.9 Å². The first-order valence-electron chi connectivity index (χ1n) is 8.04. The maximum Gasteiger partial charge on any atom is 0.498 e. The monoisotopic (exact) mass is 308 g/mol. The van der Waals surface area contributed by atoms with Crippen molar-refractivity contribution in [2.45, 2.75) is 72.1 Å². The van der Waals surface area contributed by atoms with E-state index in [0.29, 0.717) is 0 Å². The predicted molar refractivity (Wildman–Crippen MR) is 88.1 cm³/mol. The van der Waals surface area contributed by atoms with Crippen molar-refractivity contribution >= 4 is 12.6 Å². The van der Waals surface area contributed by atoms with Crippen LogP contribution < -0.4 is 5.46 Å². The Bertz CT molecular complexity index is 509. The second-order valence-electron chi connectivity index (χ2n) is 7.91. The lowest BCUT2D eigenvalue weighted by Gasteiger charge is -2.32. The molecule has 0 saturated carbocycles. The normalized spacial score (nSPS) is 22.1. The number of rotatable bonds is 5. The van der Waals surface area contributed by atoms with Crippen LogP contribution in [0.5, 0.6) is 0 Å². The van der Waals surface area contributed by atoms with Gasteiger partial charge in [-0.2, -0.15) is 5.10 Å². The fraction of sp³-hybridized carbons (Fsp3) is 0.812. The molecule has 0 aliphatic carbocycles. The minimum atomic E-state index is -0.395. The Kier molecular flexibility index (Phi) is 4.50. The summed E-state index contributed by atoms with van der Waals surface area (Å²) < 4.78 is 14.1. The highest BCUT2D eigenvalue weighted by molar-refractivity contribution is 6.61. The molecule has 2 rings (SSSR count). The Morgan fingerprint density at radius 1 is 1.27 bits per heavy atom. The van der Waals surface area contributed by atoms with Gasteiger partial charge in [-0.3, -0.25) is 4.68 Å². The molecule has 124 valence electrons. The molecule has 0 spiro atoms. The van der Waals surface area contributed by atoms with Gasteiger partial charge in [-0.05, 0) is 34.1 Å². The van der Waals surface area contributed by atoms with Gasteiger partial charge in [-0.15, -0.1) is 0 Å². The summed E-state index contributed by atoms with van der Waals surface area (Å²) in [5.41, 5.74) is -0.0119. The molecule has 0 amide bonds. The van der Waals surface area contributed by atoms with Crippen molar-refractivity contribution in [2.75, 3.05) is 6.61 Å². The number of aliphatic hydroxyl groups is 1. The van der Waals surface area contributed by atoms with Gasteiger partial charge >= 0.3 is 7.12 Å². The van der Waals surface area contributed by atoms with Crippen LogP contribution in [0.25, 0.3) is 0 Å². The molecule has 1 aromatic heterocycles. The average Bonchev–Trinajstić information content (AvgIpc) is 2.94. The number of aliphatic hydroxyl groups excluding tert-OH is 1. The van der Waals surface area contributed by atoms with Crippen molar-refractivity contribution in [3.05, 3.63) is 12.4 Å². The van der Waals surface area contributed by atoms with Gasteiger partial charge in [0.1, 0.15) is 0 Å². The van der Waals surface area contributed by atoms with Gasteiger partial charge in [-0.1, -0.05) is 20.8 Å². The standard InChI is InChI=1S/C16H29BN2O3/c1-8-13(14(2,3)11-20)19-10-12(9-18-19)17-21-15(4,5)16(6,7)22-17/h9-10,13,20H,8,11H2,1-7H3. The molecule has 1 N–H and O–H groups in total. The zero-order chi connectivity index (χ0) is 16.8. The topological polar surface area (TPSA) is 56.5 Å². The highest BCUT2D eigenvalue weighted by atomic mass is 16.7. The minimum Gasteiger partial charge on any atom is -0.399 e. The molecule has 1 aliphatic heterocycles. The number of hydrogen-bond acceptors (Lipinski definition) is 4. The first kappa shape index (κ1) is 17.5. The fourth-order valence-corrected chi connectivity index (χ4v) is 2.83. The average molecular weight is 308 g/mol. The molecule has 0 radical (unpaired) electrons.